The summed E-state index contributed by atoms with van der Waals surface area (Å²) >= 11 is 5.24. The fourth-order valence-corrected chi connectivity index (χ4v) is 3.01. The fraction of sp³-hybridized carbons (Fsp3) is 0.273. The largest absolute Gasteiger partial charge is 0.349 e. The number of hydrogen-bond donors (Lipinski definition) is 1. The summed E-state index contributed by atoms with van der Waals surface area (Å²) in [5.74, 6) is 0. The van der Waals surface area contributed by atoms with Crippen molar-refractivity contribution in [3.8, 4) is 0 Å². The molecule has 80 valence electrons. The summed E-state index contributed by atoms with van der Waals surface area (Å²) in [6.45, 7) is 1.66. The maximum atomic E-state index is 5.51. The van der Waals surface area contributed by atoms with Gasteiger partial charge in [-0.15, -0.1) is 11.3 Å². The van der Waals surface area contributed by atoms with Crippen LogP contribution < -0.4 is 5.73 Å². The van der Waals surface area contributed by atoms with Crippen molar-refractivity contribution in [2.75, 3.05) is 6.54 Å². The number of aromatic nitrogens is 1. The Morgan fingerprint density at radius 2 is 2.20 bits per heavy atom. The number of hydrogen-bond acceptors (Lipinski definition) is 2. The van der Waals surface area contributed by atoms with Crippen molar-refractivity contribution in [1.82, 2.24) is 4.57 Å². The molecule has 2 aromatic rings. The highest BCUT2D eigenvalue weighted by molar-refractivity contribution is 9.11. The van der Waals surface area contributed by atoms with Gasteiger partial charge in [-0.3, -0.25) is 0 Å². The SMILES string of the molecule is NCCc1ccn(Cc2ccc(Br)s2)c1. The van der Waals surface area contributed by atoms with E-state index in [1.807, 2.05) is 0 Å². The number of nitrogens with zero attached hydrogens (tertiary/aromatic N) is 1. The van der Waals surface area contributed by atoms with Crippen LogP contribution in [-0.2, 0) is 13.0 Å². The van der Waals surface area contributed by atoms with Gasteiger partial charge in [0.15, 0.2) is 0 Å². The average molecular weight is 285 g/mol. The van der Waals surface area contributed by atoms with Crippen molar-refractivity contribution in [3.63, 3.8) is 0 Å². The van der Waals surface area contributed by atoms with E-state index in [0.717, 1.165) is 13.0 Å². The molecule has 0 saturated carbocycles. The Balaban J connectivity index is 2.04. The lowest BCUT2D eigenvalue weighted by Crippen LogP contribution is -2.01. The molecule has 0 fully saturated rings. The third-order valence-electron chi connectivity index (χ3n) is 2.21. The van der Waals surface area contributed by atoms with Crippen LogP contribution in [0.1, 0.15) is 10.4 Å². The minimum Gasteiger partial charge on any atom is -0.349 e. The Bertz CT molecular complexity index is 433. The molecule has 0 radical (unpaired) electrons. The molecule has 0 aliphatic rings. The van der Waals surface area contributed by atoms with E-state index < -0.39 is 0 Å². The van der Waals surface area contributed by atoms with Crippen LogP contribution in [0, 0.1) is 0 Å². The van der Waals surface area contributed by atoms with Crippen molar-refractivity contribution in [2.24, 2.45) is 5.73 Å². The Hall–Kier alpha value is -0.580. The number of thiophene rings is 1. The molecule has 0 spiro atoms. The van der Waals surface area contributed by atoms with Gasteiger partial charge in [0.25, 0.3) is 0 Å². The summed E-state index contributed by atoms with van der Waals surface area (Å²) in [6.07, 6.45) is 5.24. The van der Waals surface area contributed by atoms with E-state index in [1.165, 1.54) is 14.2 Å². The van der Waals surface area contributed by atoms with Crippen LogP contribution in [-0.4, -0.2) is 11.1 Å². The van der Waals surface area contributed by atoms with E-state index in [1.54, 1.807) is 11.3 Å². The highest BCUT2D eigenvalue weighted by atomic mass is 79.9. The lowest BCUT2D eigenvalue weighted by atomic mass is 10.2. The minimum absolute atomic E-state index is 0.717. The zero-order chi connectivity index (χ0) is 10.7. The van der Waals surface area contributed by atoms with Gasteiger partial charge in [0.05, 0.1) is 10.3 Å². The summed E-state index contributed by atoms with van der Waals surface area (Å²) < 4.78 is 3.38. The van der Waals surface area contributed by atoms with E-state index in [2.05, 4.69) is 51.1 Å². The number of halogens is 1. The van der Waals surface area contributed by atoms with Gasteiger partial charge in [0.2, 0.25) is 0 Å². The topological polar surface area (TPSA) is 30.9 Å². The molecule has 0 aliphatic carbocycles. The van der Waals surface area contributed by atoms with Gasteiger partial charge in [-0.05, 0) is 52.7 Å². The van der Waals surface area contributed by atoms with Gasteiger partial charge in [0.1, 0.15) is 0 Å². The minimum atomic E-state index is 0.717. The summed E-state index contributed by atoms with van der Waals surface area (Å²) in [5, 5.41) is 0. The van der Waals surface area contributed by atoms with Crippen molar-refractivity contribution in [2.45, 2.75) is 13.0 Å². The van der Waals surface area contributed by atoms with Crippen molar-refractivity contribution in [3.05, 3.63) is 44.8 Å². The van der Waals surface area contributed by atoms with Crippen LogP contribution in [0.4, 0.5) is 0 Å². The first-order chi connectivity index (χ1) is 7.28. The highest BCUT2D eigenvalue weighted by Crippen LogP contribution is 2.22. The highest BCUT2D eigenvalue weighted by Gasteiger charge is 2.00. The van der Waals surface area contributed by atoms with Gasteiger partial charge in [-0.2, -0.15) is 0 Å². The molecule has 0 aromatic carbocycles. The molecule has 2 heterocycles. The Morgan fingerprint density at radius 3 is 2.87 bits per heavy atom. The van der Waals surface area contributed by atoms with Crippen LogP contribution in [0.15, 0.2) is 34.4 Å². The van der Waals surface area contributed by atoms with Crippen molar-refractivity contribution >= 4 is 27.3 Å². The molecule has 2 aromatic heterocycles. The van der Waals surface area contributed by atoms with Crippen LogP contribution in [0.25, 0.3) is 0 Å². The first kappa shape index (κ1) is 10.9. The van der Waals surface area contributed by atoms with E-state index in [0.29, 0.717) is 6.54 Å². The van der Waals surface area contributed by atoms with Crippen LogP contribution in [0.2, 0.25) is 0 Å². The second kappa shape index (κ2) is 4.96. The summed E-state index contributed by atoms with van der Waals surface area (Å²) in [6, 6.07) is 6.37. The molecule has 2 rings (SSSR count). The Labute approximate surface area is 102 Å². The Kier molecular flexibility index (Phi) is 3.61. The molecule has 2 nitrogen and oxygen atoms in total. The predicted octanol–water partition coefficient (Wildman–Crippen LogP) is 2.86. The maximum Gasteiger partial charge on any atom is 0.0702 e. The molecule has 4 heteroatoms. The molecule has 0 bridgehead atoms. The van der Waals surface area contributed by atoms with Gasteiger partial charge in [0, 0.05) is 17.3 Å². The van der Waals surface area contributed by atoms with Gasteiger partial charge in [-0.1, -0.05) is 0 Å². The summed E-state index contributed by atoms with van der Waals surface area (Å²) in [4.78, 5) is 1.36. The normalized spacial score (nSPS) is 10.8. The zero-order valence-electron chi connectivity index (χ0n) is 8.32. The average Bonchev–Trinajstić information content (AvgIpc) is 2.78. The summed E-state index contributed by atoms with van der Waals surface area (Å²) in [7, 11) is 0. The molecule has 0 saturated heterocycles. The number of rotatable bonds is 4. The monoisotopic (exact) mass is 284 g/mol. The fourth-order valence-electron chi connectivity index (χ4n) is 1.52. The third-order valence-corrected chi connectivity index (χ3v) is 3.82. The number of nitrogens with two attached hydrogens (primary N) is 1. The smallest absolute Gasteiger partial charge is 0.0702 e. The summed E-state index contributed by atoms with van der Waals surface area (Å²) in [5.41, 5.74) is 6.83. The third kappa shape index (κ3) is 2.93. The van der Waals surface area contributed by atoms with E-state index in [4.69, 9.17) is 5.73 Å². The molecular formula is C11H13BrN2S. The van der Waals surface area contributed by atoms with Crippen LogP contribution in [0.5, 0.6) is 0 Å². The van der Waals surface area contributed by atoms with Gasteiger partial charge in [-0.25, -0.2) is 0 Å². The molecule has 0 unspecified atom stereocenters. The van der Waals surface area contributed by atoms with E-state index in [9.17, 15) is 0 Å². The molecule has 0 aliphatic heterocycles. The zero-order valence-corrected chi connectivity index (χ0v) is 10.7. The van der Waals surface area contributed by atoms with Crippen LogP contribution >= 0.6 is 27.3 Å². The van der Waals surface area contributed by atoms with Gasteiger partial charge >= 0.3 is 0 Å². The van der Waals surface area contributed by atoms with Gasteiger partial charge < -0.3 is 10.3 Å². The lowest BCUT2D eigenvalue weighted by molar-refractivity contribution is 0.813. The van der Waals surface area contributed by atoms with Crippen LogP contribution in [0.3, 0.4) is 0 Å². The first-order valence-electron chi connectivity index (χ1n) is 4.87. The van der Waals surface area contributed by atoms with E-state index >= 15 is 0 Å². The first-order valence-corrected chi connectivity index (χ1v) is 6.48. The second-order valence-corrected chi connectivity index (χ2v) is 5.98. The molecule has 2 N–H and O–H groups in total. The quantitative estimate of drug-likeness (QED) is 0.920. The molecule has 0 amide bonds. The lowest BCUT2D eigenvalue weighted by Gasteiger charge is -1.98. The second-order valence-electron chi connectivity index (χ2n) is 3.44. The predicted molar refractivity (Wildman–Crippen MR) is 68.3 cm³/mol. The molecular weight excluding hydrogens is 272 g/mol. The standard InChI is InChI=1S/C11H13BrN2S/c12-11-2-1-10(15-11)8-14-6-4-9(7-14)3-5-13/h1-2,4,6-7H,3,5,8,13H2. The molecule has 15 heavy (non-hydrogen) atoms. The molecule has 0 atom stereocenters. The van der Waals surface area contributed by atoms with Crippen molar-refractivity contribution in [1.29, 1.82) is 0 Å². The van der Waals surface area contributed by atoms with E-state index in [-0.39, 0.29) is 0 Å². The Morgan fingerprint density at radius 1 is 1.33 bits per heavy atom. The van der Waals surface area contributed by atoms with Crippen molar-refractivity contribution < 1.29 is 0 Å². The maximum absolute atomic E-state index is 5.51.